The number of benzene rings is 2. The molecule has 0 atom stereocenters. The molecule has 0 unspecified atom stereocenters. The Morgan fingerprint density at radius 3 is 2.44 bits per heavy atom. The van der Waals surface area contributed by atoms with E-state index in [1.807, 2.05) is 36.4 Å². The van der Waals surface area contributed by atoms with Gasteiger partial charge in [0.15, 0.2) is 0 Å². The summed E-state index contributed by atoms with van der Waals surface area (Å²) in [6, 6.07) is 16.4. The van der Waals surface area contributed by atoms with Gasteiger partial charge in [-0.2, -0.15) is 0 Å². The third-order valence-electron chi connectivity index (χ3n) is 2.56. The van der Waals surface area contributed by atoms with Crippen molar-refractivity contribution in [2.45, 2.75) is 6.92 Å². The molecule has 0 aliphatic carbocycles. The predicted octanol–water partition coefficient (Wildman–Crippen LogP) is 4.38. The van der Waals surface area contributed by atoms with E-state index < -0.39 is 0 Å². The molecule has 0 fully saturated rings. The maximum absolute atomic E-state index is 3.81. The van der Waals surface area contributed by atoms with E-state index in [0.717, 1.165) is 11.4 Å². The van der Waals surface area contributed by atoms with Crippen LogP contribution >= 0.6 is 0 Å². The molecular weight excluding hydrogens is 194 g/mol. The van der Waals surface area contributed by atoms with Gasteiger partial charge in [0.25, 0.3) is 0 Å². The van der Waals surface area contributed by atoms with Crippen molar-refractivity contribution in [3.63, 3.8) is 0 Å². The van der Waals surface area contributed by atoms with Crippen LogP contribution < -0.4 is 5.32 Å². The van der Waals surface area contributed by atoms with Crippen molar-refractivity contribution in [3.05, 3.63) is 66.2 Å². The van der Waals surface area contributed by atoms with Gasteiger partial charge in [0.1, 0.15) is 0 Å². The summed E-state index contributed by atoms with van der Waals surface area (Å²) in [7, 11) is 0. The summed E-state index contributed by atoms with van der Waals surface area (Å²) in [5.41, 5.74) is 4.60. The second-order valence-electron chi connectivity index (χ2n) is 3.77. The molecule has 0 saturated carbocycles. The number of aryl methyl sites for hydroxylation is 1. The average molecular weight is 209 g/mol. The Morgan fingerprint density at radius 2 is 1.75 bits per heavy atom. The molecule has 2 rings (SSSR count). The second kappa shape index (κ2) is 4.67. The molecule has 0 aliphatic heterocycles. The number of para-hydroxylation sites is 1. The summed E-state index contributed by atoms with van der Waals surface area (Å²) in [6.45, 7) is 5.90. The lowest BCUT2D eigenvalue weighted by Crippen LogP contribution is -1.91. The average Bonchev–Trinajstić information content (AvgIpc) is 2.33. The zero-order valence-corrected chi connectivity index (χ0v) is 9.40. The van der Waals surface area contributed by atoms with Crippen molar-refractivity contribution >= 4 is 17.5 Å². The van der Waals surface area contributed by atoms with E-state index in [0.29, 0.717) is 0 Å². The SMILES string of the molecule is C=Cc1cc(Nc2ccccc2)ccc1C. The number of rotatable bonds is 3. The van der Waals surface area contributed by atoms with Crippen molar-refractivity contribution in [2.24, 2.45) is 0 Å². The van der Waals surface area contributed by atoms with E-state index in [-0.39, 0.29) is 0 Å². The minimum absolute atomic E-state index is 1.09. The third-order valence-corrected chi connectivity index (χ3v) is 2.56. The van der Waals surface area contributed by atoms with Crippen LogP contribution in [0.3, 0.4) is 0 Å². The molecule has 0 aliphatic rings. The molecule has 0 bridgehead atoms. The van der Waals surface area contributed by atoms with Crippen LogP contribution in [0.15, 0.2) is 55.1 Å². The molecule has 0 amide bonds. The highest BCUT2D eigenvalue weighted by Gasteiger charge is 1.97. The molecule has 0 heterocycles. The van der Waals surface area contributed by atoms with Crippen molar-refractivity contribution in [1.82, 2.24) is 0 Å². The van der Waals surface area contributed by atoms with Gasteiger partial charge in [-0.05, 0) is 42.3 Å². The zero-order chi connectivity index (χ0) is 11.4. The molecule has 2 aromatic carbocycles. The molecular formula is C15H15N. The molecule has 80 valence electrons. The lowest BCUT2D eigenvalue weighted by molar-refractivity contribution is 1.43. The highest BCUT2D eigenvalue weighted by molar-refractivity contribution is 5.65. The summed E-state index contributed by atoms with van der Waals surface area (Å²) >= 11 is 0. The molecule has 1 N–H and O–H groups in total. The van der Waals surface area contributed by atoms with E-state index in [2.05, 4.69) is 37.0 Å². The second-order valence-corrected chi connectivity index (χ2v) is 3.77. The summed E-state index contributed by atoms with van der Waals surface area (Å²) in [5.74, 6) is 0. The smallest absolute Gasteiger partial charge is 0.0390 e. The van der Waals surface area contributed by atoms with Gasteiger partial charge in [0.2, 0.25) is 0 Å². The minimum atomic E-state index is 1.09. The predicted molar refractivity (Wildman–Crippen MR) is 71.0 cm³/mol. The van der Waals surface area contributed by atoms with Gasteiger partial charge < -0.3 is 5.32 Å². The van der Waals surface area contributed by atoms with Crippen LogP contribution in [-0.2, 0) is 0 Å². The van der Waals surface area contributed by atoms with Gasteiger partial charge >= 0.3 is 0 Å². The van der Waals surface area contributed by atoms with Crippen LogP contribution in [0, 0.1) is 6.92 Å². The molecule has 2 aromatic rings. The topological polar surface area (TPSA) is 12.0 Å². The quantitative estimate of drug-likeness (QED) is 0.791. The van der Waals surface area contributed by atoms with Crippen molar-refractivity contribution in [2.75, 3.05) is 5.32 Å². The summed E-state index contributed by atoms with van der Waals surface area (Å²) < 4.78 is 0. The molecule has 0 spiro atoms. The van der Waals surface area contributed by atoms with Gasteiger partial charge in [-0.3, -0.25) is 0 Å². The van der Waals surface area contributed by atoms with E-state index >= 15 is 0 Å². The van der Waals surface area contributed by atoms with E-state index in [4.69, 9.17) is 0 Å². The van der Waals surface area contributed by atoms with Gasteiger partial charge in [-0.25, -0.2) is 0 Å². The third kappa shape index (κ3) is 2.31. The Bertz CT molecular complexity index is 486. The van der Waals surface area contributed by atoms with Crippen molar-refractivity contribution in [3.8, 4) is 0 Å². The lowest BCUT2D eigenvalue weighted by Gasteiger charge is -2.08. The van der Waals surface area contributed by atoms with Crippen LogP contribution in [0.25, 0.3) is 6.08 Å². The number of hydrogen-bond donors (Lipinski definition) is 1. The lowest BCUT2D eigenvalue weighted by atomic mass is 10.1. The number of anilines is 2. The van der Waals surface area contributed by atoms with Crippen LogP contribution in [0.4, 0.5) is 11.4 Å². The Balaban J connectivity index is 2.26. The first-order valence-electron chi connectivity index (χ1n) is 5.35. The van der Waals surface area contributed by atoms with Gasteiger partial charge in [0.05, 0.1) is 0 Å². The van der Waals surface area contributed by atoms with E-state index in [9.17, 15) is 0 Å². The Kier molecular flexibility index (Phi) is 3.06. The fraction of sp³-hybridized carbons (Fsp3) is 0.0667. The Labute approximate surface area is 96.4 Å². The first-order valence-corrected chi connectivity index (χ1v) is 5.35. The van der Waals surface area contributed by atoms with Gasteiger partial charge in [0, 0.05) is 11.4 Å². The summed E-state index contributed by atoms with van der Waals surface area (Å²) in [4.78, 5) is 0. The minimum Gasteiger partial charge on any atom is -0.356 e. The van der Waals surface area contributed by atoms with E-state index in [1.165, 1.54) is 11.1 Å². The highest BCUT2D eigenvalue weighted by atomic mass is 14.9. The van der Waals surface area contributed by atoms with Crippen LogP contribution in [0.5, 0.6) is 0 Å². The molecule has 1 heteroatoms. The van der Waals surface area contributed by atoms with Crippen molar-refractivity contribution in [1.29, 1.82) is 0 Å². The Morgan fingerprint density at radius 1 is 1.00 bits per heavy atom. The molecule has 1 nitrogen and oxygen atoms in total. The maximum atomic E-state index is 3.81. The van der Waals surface area contributed by atoms with Gasteiger partial charge in [-0.1, -0.05) is 36.9 Å². The fourth-order valence-electron chi connectivity index (χ4n) is 1.63. The summed E-state index contributed by atoms with van der Waals surface area (Å²) in [5, 5.41) is 3.36. The largest absolute Gasteiger partial charge is 0.356 e. The highest BCUT2D eigenvalue weighted by Crippen LogP contribution is 2.20. The van der Waals surface area contributed by atoms with Crippen LogP contribution in [-0.4, -0.2) is 0 Å². The Hall–Kier alpha value is -2.02. The van der Waals surface area contributed by atoms with Crippen LogP contribution in [0.2, 0.25) is 0 Å². The van der Waals surface area contributed by atoms with E-state index in [1.54, 1.807) is 0 Å². The molecule has 16 heavy (non-hydrogen) atoms. The molecule has 0 radical (unpaired) electrons. The maximum Gasteiger partial charge on any atom is 0.0390 e. The summed E-state index contributed by atoms with van der Waals surface area (Å²) in [6.07, 6.45) is 1.88. The number of hydrogen-bond acceptors (Lipinski definition) is 1. The van der Waals surface area contributed by atoms with Crippen molar-refractivity contribution < 1.29 is 0 Å². The monoisotopic (exact) mass is 209 g/mol. The zero-order valence-electron chi connectivity index (χ0n) is 9.40. The van der Waals surface area contributed by atoms with Gasteiger partial charge in [-0.15, -0.1) is 0 Å². The first-order chi connectivity index (χ1) is 7.79. The normalized spacial score (nSPS) is 9.81. The molecule has 0 aromatic heterocycles. The molecule has 0 saturated heterocycles. The van der Waals surface area contributed by atoms with Crippen LogP contribution in [0.1, 0.15) is 11.1 Å². The fourth-order valence-corrected chi connectivity index (χ4v) is 1.63. The standard InChI is InChI=1S/C15H15N/c1-3-13-11-15(10-9-12(13)2)16-14-7-5-4-6-8-14/h3-11,16H,1H2,2H3. The first kappa shape index (κ1) is 10.5. The number of nitrogens with one attached hydrogen (secondary N) is 1.